The molecule has 0 spiro atoms. The molecule has 2 fully saturated rings. The minimum absolute atomic E-state index is 0.161. The number of carbonyl (C=O) groups excluding carboxylic acids is 1. The second-order valence-corrected chi connectivity index (χ2v) is 7.87. The highest BCUT2D eigenvalue weighted by Gasteiger charge is 2.23. The first-order chi connectivity index (χ1) is 12.6. The summed E-state index contributed by atoms with van der Waals surface area (Å²) in [6.45, 7) is 7.85. The number of nitrogens with one attached hydrogen (secondary N) is 2. The maximum Gasteiger partial charge on any atom is 0.220 e. The minimum atomic E-state index is 0.161. The zero-order valence-electron chi connectivity index (χ0n) is 17.1. The molecule has 0 aromatic rings. The van der Waals surface area contributed by atoms with Crippen LogP contribution in [0.25, 0.3) is 0 Å². The zero-order valence-corrected chi connectivity index (χ0v) is 17.1. The van der Waals surface area contributed by atoms with Crippen LogP contribution in [0, 0.1) is 5.92 Å². The molecule has 0 aliphatic carbocycles. The first-order valence-corrected chi connectivity index (χ1v) is 10.5. The number of amides is 1. The summed E-state index contributed by atoms with van der Waals surface area (Å²) in [5, 5.41) is 6.26. The van der Waals surface area contributed by atoms with Crippen LogP contribution in [0.3, 0.4) is 0 Å². The summed E-state index contributed by atoms with van der Waals surface area (Å²) in [6.07, 6.45) is 9.37. The Morgan fingerprint density at radius 2 is 1.88 bits per heavy atom. The van der Waals surface area contributed by atoms with Crippen LogP contribution < -0.4 is 10.6 Å². The summed E-state index contributed by atoms with van der Waals surface area (Å²) in [6, 6.07) is 0.764. The lowest BCUT2D eigenvalue weighted by Crippen LogP contribution is -2.46. The number of rotatable bonds is 7. The molecule has 6 nitrogen and oxygen atoms in total. The van der Waals surface area contributed by atoms with Gasteiger partial charge < -0.3 is 20.4 Å². The molecular weight excluding hydrogens is 326 g/mol. The van der Waals surface area contributed by atoms with Crippen LogP contribution in [0.4, 0.5) is 0 Å². The summed E-state index contributed by atoms with van der Waals surface area (Å²) in [5.74, 6) is 1.69. The molecule has 0 bridgehead atoms. The van der Waals surface area contributed by atoms with Gasteiger partial charge in [-0.25, -0.2) is 0 Å². The van der Waals surface area contributed by atoms with Gasteiger partial charge in [0, 0.05) is 46.2 Å². The number of piperidine rings is 2. The number of carbonyl (C=O) groups is 1. The van der Waals surface area contributed by atoms with Gasteiger partial charge in [0.25, 0.3) is 0 Å². The van der Waals surface area contributed by atoms with E-state index in [-0.39, 0.29) is 5.91 Å². The van der Waals surface area contributed by atoms with E-state index in [1.165, 1.54) is 45.2 Å². The lowest BCUT2D eigenvalue weighted by atomic mass is 9.93. The van der Waals surface area contributed by atoms with Gasteiger partial charge in [0.15, 0.2) is 5.96 Å². The monoisotopic (exact) mass is 365 g/mol. The van der Waals surface area contributed by atoms with Crippen LogP contribution in [0.1, 0.15) is 58.3 Å². The first-order valence-electron chi connectivity index (χ1n) is 10.5. The lowest BCUT2D eigenvalue weighted by molar-refractivity contribution is -0.121. The van der Waals surface area contributed by atoms with E-state index in [0.29, 0.717) is 12.3 Å². The Balaban J connectivity index is 1.60. The van der Waals surface area contributed by atoms with E-state index in [4.69, 9.17) is 0 Å². The topological polar surface area (TPSA) is 60.0 Å². The summed E-state index contributed by atoms with van der Waals surface area (Å²) in [5.41, 5.74) is 0. The van der Waals surface area contributed by atoms with Crippen molar-refractivity contribution in [2.75, 3.05) is 46.8 Å². The van der Waals surface area contributed by atoms with Gasteiger partial charge in [-0.1, -0.05) is 6.42 Å². The Kier molecular flexibility index (Phi) is 9.23. The normalized spacial score (nSPS) is 23.1. The van der Waals surface area contributed by atoms with Gasteiger partial charge in [-0.3, -0.25) is 9.79 Å². The molecule has 150 valence electrons. The number of unbranched alkanes of at least 4 members (excludes halogenated alkanes) is 1. The SMILES string of the molecule is CN=C(NCCCCN1CCCCC1C)N1CCC(CC(=O)NC)CC1. The second kappa shape index (κ2) is 11.4. The zero-order chi connectivity index (χ0) is 18.8. The predicted octanol–water partition coefficient (Wildman–Crippen LogP) is 2.06. The molecule has 1 atom stereocenters. The largest absolute Gasteiger partial charge is 0.359 e. The third-order valence-electron chi connectivity index (χ3n) is 5.97. The molecule has 2 rings (SSSR count). The second-order valence-electron chi connectivity index (χ2n) is 7.87. The summed E-state index contributed by atoms with van der Waals surface area (Å²) < 4.78 is 0. The molecular formula is C20H39N5O. The highest BCUT2D eigenvalue weighted by molar-refractivity contribution is 5.80. The van der Waals surface area contributed by atoms with Crippen molar-refractivity contribution in [3.8, 4) is 0 Å². The van der Waals surface area contributed by atoms with Crippen LogP contribution in [0.2, 0.25) is 0 Å². The van der Waals surface area contributed by atoms with Crippen molar-refractivity contribution in [3.05, 3.63) is 0 Å². The average molecular weight is 366 g/mol. The van der Waals surface area contributed by atoms with Crippen LogP contribution in [0.15, 0.2) is 4.99 Å². The highest BCUT2D eigenvalue weighted by Crippen LogP contribution is 2.20. The average Bonchev–Trinajstić information content (AvgIpc) is 2.67. The number of aliphatic imine (C=N–C) groups is 1. The van der Waals surface area contributed by atoms with Crippen molar-refractivity contribution < 1.29 is 4.79 Å². The van der Waals surface area contributed by atoms with Crippen LogP contribution in [-0.2, 0) is 4.79 Å². The molecule has 2 N–H and O–H groups in total. The van der Waals surface area contributed by atoms with Crippen LogP contribution in [0.5, 0.6) is 0 Å². The first kappa shape index (κ1) is 21.0. The Hall–Kier alpha value is -1.30. The van der Waals surface area contributed by atoms with Gasteiger partial charge in [-0.05, 0) is 64.5 Å². The van der Waals surface area contributed by atoms with Gasteiger partial charge in [0.1, 0.15) is 0 Å². The third kappa shape index (κ3) is 6.78. The van der Waals surface area contributed by atoms with Crippen molar-refractivity contribution in [1.29, 1.82) is 0 Å². The van der Waals surface area contributed by atoms with E-state index < -0.39 is 0 Å². The van der Waals surface area contributed by atoms with Crippen LogP contribution in [-0.4, -0.2) is 74.5 Å². The van der Waals surface area contributed by atoms with Crippen molar-refractivity contribution in [3.63, 3.8) is 0 Å². The van der Waals surface area contributed by atoms with E-state index in [0.717, 1.165) is 44.5 Å². The molecule has 0 aromatic heterocycles. The van der Waals surface area contributed by atoms with E-state index in [2.05, 4.69) is 32.3 Å². The summed E-state index contributed by atoms with van der Waals surface area (Å²) >= 11 is 0. The smallest absolute Gasteiger partial charge is 0.220 e. The molecule has 1 unspecified atom stereocenters. The third-order valence-corrected chi connectivity index (χ3v) is 5.97. The number of hydrogen-bond donors (Lipinski definition) is 2. The molecule has 2 aliphatic rings. The standard InChI is InChI=1S/C20H39N5O/c1-17-8-4-6-12-24(17)13-7-5-11-23-20(22-3)25-14-9-18(10-15-25)16-19(26)21-2/h17-18H,4-16H2,1-3H3,(H,21,26)(H,22,23). The number of likely N-dealkylation sites (tertiary alicyclic amines) is 2. The molecule has 26 heavy (non-hydrogen) atoms. The maximum atomic E-state index is 11.5. The fourth-order valence-corrected chi connectivity index (χ4v) is 4.18. The molecule has 1 amide bonds. The van der Waals surface area contributed by atoms with Crippen molar-refractivity contribution in [1.82, 2.24) is 20.4 Å². The van der Waals surface area contributed by atoms with Crippen molar-refractivity contribution >= 4 is 11.9 Å². The van der Waals surface area contributed by atoms with Gasteiger partial charge >= 0.3 is 0 Å². The Bertz CT molecular complexity index is 445. The fourth-order valence-electron chi connectivity index (χ4n) is 4.18. The lowest BCUT2D eigenvalue weighted by Gasteiger charge is -2.34. The fraction of sp³-hybridized carbons (Fsp3) is 0.900. The van der Waals surface area contributed by atoms with Gasteiger partial charge in [0.05, 0.1) is 0 Å². The Labute approximate surface area is 159 Å². The minimum Gasteiger partial charge on any atom is -0.359 e. The number of hydrogen-bond acceptors (Lipinski definition) is 3. The predicted molar refractivity (Wildman–Crippen MR) is 108 cm³/mol. The molecule has 0 aromatic carbocycles. The molecule has 2 heterocycles. The highest BCUT2D eigenvalue weighted by atomic mass is 16.1. The Morgan fingerprint density at radius 3 is 2.54 bits per heavy atom. The quantitative estimate of drug-likeness (QED) is 0.412. The maximum absolute atomic E-state index is 11.5. The van der Waals surface area contributed by atoms with Crippen LogP contribution >= 0.6 is 0 Å². The Morgan fingerprint density at radius 1 is 1.12 bits per heavy atom. The van der Waals surface area contributed by atoms with Gasteiger partial charge in [0.2, 0.25) is 5.91 Å². The summed E-state index contributed by atoms with van der Waals surface area (Å²) in [4.78, 5) is 21.0. The van der Waals surface area contributed by atoms with Gasteiger partial charge in [-0.2, -0.15) is 0 Å². The molecule has 2 saturated heterocycles. The van der Waals surface area contributed by atoms with Crippen molar-refractivity contribution in [2.24, 2.45) is 10.9 Å². The molecule has 0 saturated carbocycles. The summed E-state index contributed by atoms with van der Waals surface area (Å²) in [7, 11) is 3.59. The molecule has 0 radical (unpaired) electrons. The number of guanidine groups is 1. The number of nitrogens with zero attached hydrogens (tertiary/aromatic N) is 3. The van der Waals surface area contributed by atoms with E-state index in [9.17, 15) is 4.79 Å². The van der Waals surface area contributed by atoms with Crippen molar-refractivity contribution in [2.45, 2.75) is 64.3 Å². The van der Waals surface area contributed by atoms with E-state index in [1.807, 2.05) is 7.05 Å². The van der Waals surface area contributed by atoms with E-state index >= 15 is 0 Å². The molecule has 2 aliphatic heterocycles. The van der Waals surface area contributed by atoms with Gasteiger partial charge in [-0.15, -0.1) is 0 Å². The molecule has 6 heteroatoms. The van der Waals surface area contributed by atoms with E-state index in [1.54, 1.807) is 7.05 Å².